The van der Waals surface area contributed by atoms with Gasteiger partial charge in [0, 0.05) is 0 Å². The van der Waals surface area contributed by atoms with Gasteiger partial charge in [-0.15, -0.1) is 0 Å². The van der Waals surface area contributed by atoms with E-state index in [4.69, 9.17) is 0 Å². The summed E-state index contributed by atoms with van der Waals surface area (Å²) < 4.78 is 102. The summed E-state index contributed by atoms with van der Waals surface area (Å²) in [5.74, 6) is -10.5. The highest BCUT2D eigenvalue weighted by Gasteiger charge is 2.88. The van der Waals surface area contributed by atoms with Crippen LogP contribution in [0.5, 0.6) is 0 Å². The summed E-state index contributed by atoms with van der Waals surface area (Å²) in [6.45, 7) is -5.49. The zero-order valence-corrected chi connectivity index (χ0v) is 6.85. The molecule has 0 amide bonds. The maximum absolute atomic E-state index is 13.0. The highest BCUT2D eigenvalue weighted by molar-refractivity contribution is 5.13. The molecule has 1 nitrogen and oxygen atoms in total. The van der Waals surface area contributed by atoms with E-state index >= 15 is 0 Å². The molecule has 0 aromatic carbocycles. The second-order valence-electron chi connectivity index (χ2n) is 2.99. The fourth-order valence-electron chi connectivity index (χ4n) is 1.13. The Kier molecular flexibility index (Phi) is 2.46. The molecule has 1 fully saturated rings. The maximum atomic E-state index is 13.0. The van der Waals surface area contributed by atoms with Gasteiger partial charge in [0.05, 0.1) is 0 Å². The fraction of sp³-hybridized carbons (Fsp3) is 1.00. The van der Waals surface area contributed by atoms with Crippen LogP contribution >= 0.6 is 0 Å². The second kappa shape index (κ2) is 2.96. The first-order valence-electron chi connectivity index (χ1n) is 3.53. The summed E-state index contributed by atoms with van der Waals surface area (Å²) in [5.41, 5.74) is -5.04. The smallest absolute Gasteiger partial charge is 0.272 e. The molecule has 0 radical (unpaired) electrons. The Morgan fingerprint density at radius 2 is 1.27 bits per heavy atom. The summed E-state index contributed by atoms with van der Waals surface area (Å²) in [6.07, 6.45) is -5.60. The SMILES string of the molecule is FCC1(F)OC(F)(F)C(F)(F)C1(F)CF. The predicted molar refractivity (Wildman–Crippen MR) is 30.6 cm³/mol. The number of halogens is 8. The number of hydrogen-bond donors (Lipinski definition) is 0. The van der Waals surface area contributed by atoms with Crippen LogP contribution in [-0.4, -0.2) is 36.9 Å². The van der Waals surface area contributed by atoms with E-state index in [9.17, 15) is 35.1 Å². The van der Waals surface area contributed by atoms with E-state index < -0.39 is 36.9 Å². The molecule has 9 heteroatoms. The van der Waals surface area contributed by atoms with Crippen LogP contribution in [0.25, 0.3) is 0 Å². The number of hydrogen-bond acceptors (Lipinski definition) is 1. The summed E-state index contributed by atoms with van der Waals surface area (Å²) in [6, 6.07) is 0. The predicted octanol–water partition coefficient (Wildman–Crippen LogP) is 2.56. The molecule has 15 heavy (non-hydrogen) atoms. The Hall–Kier alpha value is -0.600. The first-order valence-corrected chi connectivity index (χ1v) is 3.53. The molecule has 0 aromatic rings. The van der Waals surface area contributed by atoms with Crippen molar-refractivity contribution in [3.8, 4) is 0 Å². The van der Waals surface area contributed by atoms with E-state index in [1.165, 1.54) is 0 Å². The number of alkyl halides is 8. The number of rotatable bonds is 2. The Morgan fingerprint density at radius 1 is 0.800 bits per heavy atom. The van der Waals surface area contributed by atoms with E-state index in [0.717, 1.165) is 0 Å². The molecule has 1 aliphatic heterocycles. The van der Waals surface area contributed by atoms with Crippen molar-refractivity contribution in [3.63, 3.8) is 0 Å². The van der Waals surface area contributed by atoms with E-state index in [0.29, 0.717) is 0 Å². The molecule has 0 saturated carbocycles. The van der Waals surface area contributed by atoms with Crippen molar-refractivity contribution in [1.29, 1.82) is 0 Å². The molecule has 0 aromatic heterocycles. The van der Waals surface area contributed by atoms with Crippen LogP contribution in [0, 0.1) is 0 Å². The average Bonchev–Trinajstić information content (AvgIpc) is 2.23. The zero-order chi connectivity index (χ0) is 12.1. The van der Waals surface area contributed by atoms with Crippen LogP contribution in [0.3, 0.4) is 0 Å². The third kappa shape index (κ3) is 1.18. The minimum atomic E-state index is -5.78. The highest BCUT2D eigenvalue weighted by atomic mass is 19.3. The molecule has 1 rings (SSSR count). The molecule has 90 valence electrons. The fourth-order valence-corrected chi connectivity index (χ4v) is 1.13. The van der Waals surface area contributed by atoms with Crippen LogP contribution in [-0.2, 0) is 4.74 Å². The van der Waals surface area contributed by atoms with E-state index in [2.05, 4.69) is 4.74 Å². The molecular weight excluding hydrogens is 240 g/mol. The Morgan fingerprint density at radius 3 is 1.53 bits per heavy atom. The van der Waals surface area contributed by atoms with E-state index in [1.807, 2.05) is 0 Å². The number of ether oxygens (including phenoxy) is 1. The van der Waals surface area contributed by atoms with Gasteiger partial charge in [-0.05, 0) is 0 Å². The standard InChI is InChI=1S/C6H4F8O/c7-1-3(9)4(10,2-8)15-6(13,14)5(3,11)12/h1-2H2. The Labute approximate surface area is 78.0 Å². The van der Waals surface area contributed by atoms with Crippen molar-refractivity contribution >= 4 is 0 Å². The average molecular weight is 244 g/mol. The summed E-state index contributed by atoms with van der Waals surface area (Å²) >= 11 is 0. The van der Waals surface area contributed by atoms with Gasteiger partial charge in [0.1, 0.15) is 6.67 Å². The minimum absolute atomic E-state index is 2.65. The van der Waals surface area contributed by atoms with E-state index in [-0.39, 0.29) is 0 Å². The summed E-state index contributed by atoms with van der Waals surface area (Å²) in [5, 5.41) is 0. The topological polar surface area (TPSA) is 9.23 Å². The van der Waals surface area contributed by atoms with Crippen LogP contribution in [0.15, 0.2) is 0 Å². The summed E-state index contributed by atoms with van der Waals surface area (Å²) in [4.78, 5) is 0. The van der Waals surface area contributed by atoms with Crippen molar-refractivity contribution in [2.45, 2.75) is 23.6 Å². The normalized spacial score (nSPS) is 43.2. The quantitative estimate of drug-likeness (QED) is 0.678. The van der Waals surface area contributed by atoms with Gasteiger partial charge in [0.2, 0.25) is 0 Å². The van der Waals surface area contributed by atoms with Crippen LogP contribution in [0.4, 0.5) is 35.1 Å². The van der Waals surface area contributed by atoms with Gasteiger partial charge in [-0.1, -0.05) is 0 Å². The molecule has 1 heterocycles. The Balaban J connectivity index is 3.31. The van der Waals surface area contributed by atoms with Crippen molar-refractivity contribution in [3.05, 3.63) is 0 Å². The lowest BCUT2D eigenvalue weighted by Crippen LogP contribution is -2.58. The Bertz CT molecular complexity index is 268. The molecular formula is C6H4F8O. The monoisotopic (exact) mass is 244 g/mol. The molecule has 0 aliphatic carbocycles. The minimum Gasteiger partial charge on any atom is -0.272 e. The largest absolute Gasteiger partial charge is 0.425 e. The molecule has 2 unspecified atom stereocenters. The van der Waals surface area contributed by atoms with Gasteiger partial charge in [-0.2, -0.15) is 17.6 Å². The molecule has 0 bridgehead atoms. The lowest BCUT2D eigenvalue weighted by Gasteiger charge is -2.28. The van der Waals surface area contributed by atoms with Gasteiger partial charge < -0.3 is 0 Å². The van der Waals surface area contributed by atoms with E-state index in [1.54, 1.807) is 0 Å². The second-order valence-corrected chi connectivity index (χ2v) is 2.99. The van der Waals surface area contributed by atoms with Gasteiger partial charge >= 0.3 is 12.0 Å². The third-order valence-corrected chi connectivity index (χ3v) is 2.10. The first-order chi connectivity index (χ1) is 6.58. The molecule has 0 spiro atoms. The maximum Gasteiger partial charge on any atom is 0.425 e. The van der Waals surface area contributed by atoms with Crippen LogP contribution in [0.2, 0.25) is 0 Å². The van der Waals surface area contributed by atoms with Crippen molar-refractivity contribution < 1.29 is 39.9 Å². The van der Waals surface area contributed by atoms with Crippen molar-refractivity contribution in [2.75, 3.05) is 13.3 Å². The molecule has 1 saturated heterocycles. The lowest BCUT2D eigenvalue weighted by atomic mass is 9.93. The zero-order valence-electron chi connectivity index (χ0n) is 6.85. The third-order valence-electron chi connectivity index (χ3n) is 2.10. The van der Waals surface area contributed by atoms with Gasteiger partial charge in [-0.25, -0.2) is 17.6 Å². The first kappa shape index (κ1) is 12.5. The van der Waals surface area contributed by atoms with Crippen LogP contribution in [0.1, 0.15) is 0 Å². The van der Waals surface area contributed by atoms with Crippen molar-refractivity contribution in [2.24, 2.45) is 0 Å². The van der Waals surface area contributed by atoms with Crippen LogP contribution < -0.4 is 0 Å². The molecule has 2 atom stereocenters. The van der Waals surface area contributed by atoms with Gasteiger partial charge in [0.25, 0.3) is 11.5 Å². The molecule has 1 aliphatic rings. The lowest BCUT2D eigenvalue weighted by molar-refractivity contribution is -0.338. The highest BCUT2D eigenvalue weighted by Crippen LogP contribution is 2.60. The van der Waals surface area contributed by atoms with Crippen molar-refractivity contribution in [1.82, 2.24) is 0 Å². The molecule has 0 N–H and O–H groups in total. The van der Waals surface area contributed by atoms with Gasteiger partial charge in [-0.3, -0.25) is 4.74 Å². The summed E-state index contributed by atoms with van der Waals surface area (Å²) in [7, 11) is 0. The van der Waals surface area contributed by atoms with Gasteiger partial charge in [0.15, 0.2) is 6.67 Å².